The van der Waals surface area contributed by atoms with Crippen molar-refractivity contribution in [1.29, 1.82) is 0 Å². The van der Waals surface area contributed by atoms with Crippen molar-refractivity contribution < 1.29 is 38.2 Å². The molecule has 0 saturated heterocycles. The molecule has 0 radical (unpaired) electrons. The molecule has 2 atom stereocenters. The summed E-state index contributed by atoms with van der Waals surface area (Å²) in [6.45, 7) is 7.82. The smallest absolute Gasteiger partial charge is 0.602 e. The van der Waals surface area contributed by atoms with E-state index in [-0.39, 0.29) is 36.7 Å². The van der Waals surface area contributed by atoms with Gasteiger partial charge in [-0.15, -0.1) is 0 Å². The van der Waals surface area contributed by atoms with Crippen LogP contribution in [0.5, 0.6) is 0 Å². The molecule has 2 unspecified atom stereocenters. The number of carbonyl (C=O) groups is 1. The molecule has 0 spiro atoms. The molecule has 1 rings (SSSR count). The standard InChI is InChI=1S/C13H20O4.Li/c1-5-16-11(14)8-6-7-9(2)13(4)10(3)12(15)17-13;/h6,8-9,15H,5,7H2,1-4H3;/q;+1/p-1/b8-6+;. The molecule has 0 saturated carbocycles. The van der Waals surface area contributed by atoms with Crippen LogP contribution < -0.4 is 24.0 Å². The number of carbonyl (C=O) groups excluding carboxylic acids is 1. The van der Waals surface area contributed by atoms with Crippen LogP contribution in [-0.2, 0) is 14.3 Å². The molecular weight excluding hydrogens is 227 g/mol. The van der Waals surface area contributed by atoms with Crippen molar-refractivity contribution >= 4 is 5.97 Å². The minimum Gasteiger partial charge on any atom is -0.602 e. The summed E-state index contributed by atoms with van der Waals surface area (Å²) in [6.07, 6.45) is 3.84. The first kappa shape index (κ1) is 17.1. The predicted molar refractivity (Wildman–Crippen MR) is 61.7 cm³/mol. The van der Waals surface area contributed by atoms with Gasteiger partial charge in [0, 0.05) is 11.7 Å². The summed E-state index contributed by atoms with van der Waals surface area (Å²) < 4.78 is 9.95. The van der Waals surface area contributed by atoms with Gasteiger partial charge in [0.25, 0.3) is 0 Å². The van der Waals surface area contributed by atoms with Crippen LogP contribution in [0.15, 0.2) is 23.7 Å². The van der Waals surface area contributed by atoms with Gasteiger partial charge in [0.2, 0.25) is 0 Å². The van der Waals surface area contributed by atoms with Crippen LogP contribution in [0.1, 0.15) is 34.1 Å². The molecule has 0 amide bonds. The first-order chi connectivity index (χ1) is 7.91. The Hall–Kier alpha value is -0.853. The Morgan fingerprint density at radius 3 is 2.67 bits per heavy atom. The maximum Gasteiger partial charge on any atom is 1.00 e. The third kappa shape index (κ3) is 3.57. The molecule has 1 aliphatic heterocycles. The maximum absolute atomic E-state index is 11.1. The van der Waals surface area contributed by atoms with Gasteiger partial charge in [-0.25, -0.2) is 4.79 Å². The van der Waals surface area contributed by atoms with E-state index in [0.29, 0.717) is 13.0 Å². The van der Waals surface area contributed by atoms with E-state index in [4.69, 9.17) is 9.47 Å². The maximum atomic E-state index is 11.1. The fraction of sp³-hybridized carbons (Fsp3) is 0.615. The van der Waals surface area contributed by atoms with Gasteiger partial charge in [0.05, 0.1) is 12.6 Å². The van der Waals surface area contributed by atoms with Crippen LogP contribution >= 0.6 is 0 Å². The van der Waals surface area contributed by atoms with Crippen molar-refractivity contribution in [2.75, 3.05) is 6.61 Å². The van der Waals surface area contributed by atoms with Gasteiger partial charge in [-0.05, 0) is 38.7 Å². The van der Waals surface area contributed by atoms with Crippen molar-refractivity contribution in [2.45, 2.75) is 39.7 Å². The average molecular weight is 246 g/mol. The molecule has 1 heterocycles. The Labute approximate surface area is 120 Å². The molecule has 4 nitrogen and oxygen atoms in total. The summed E-state index contributed by atoms with van der Waals surface area (Å²) in [5, 5.41) is 11.1. The summed E-state index contributed by atoms with van der Waals surface area (Å²) in [5.41, 5.74) is 0.255. The van der Waals surface area contributed by atoms with E-state index in [1.54, 1.807) is 19.9 Å². The van der Waals surface area contributed by atoms with Gasteiger partial charge < -0.3 is 14.6 Å². The summed E-state index contributed by atoms with van der Waals surface area (Å²) in [7, 11) is 0. The third-order valence-electron chi connectivity index (χ3n) is 3.33. The third-order valence-corrected chi connectivity index (χ3v) is 3.33. The zero-order valence-electron chi connectivity index (χ0n) is 11.8. The summed E-state index contributed by atoms with van der Waals surface area (Å²) in [4.78, 5) is 11.1. The minimum atomic E-state index is -0.490. The number of esters is 1. The Bertz CT molecular complexity index is 362. The number of allylic oxidation sites excluding steroid dienone is 1. The SMILES string of the molecule is CCOC(=O)/C=C/CC(C)C1(C)OC([O-])=C1C.[Li+]. The molecule has 0 bridgehead atoms. The monoisotopic (exact) mass is 246 g/mol. The second kappa shape index (κ2) is 6.91. The first-order valence-corrected chi connectivity index (χ1v) is 5.82. The van der Waals surface area contributed by atoms with Gasteiger partial charge >= 0.3 is 24.8 Å². The predicted octanol–water partition coefficient (Wildman–Crippen LogP) is -1.48. The molecule has 0 N–H and O–H groups in total. The van der Waals surface area contributed by atoms with E-state index < -0.39 is 5.60 Å². The molecule has 0 aromatic rings. The molecule has 96 valence electrons. The quantitative estimate of drug-likeness (QED) is 0.337. The van der Waals surface area contributed by atoms with Crippen molar-refractivity contribution in [3.05, 3.63) is 23.7 Å². The number of hydrogen-bond acceptors (Lipinski definition) is 4. The van der Waals surface area contributed by atoms with E-state index in [2.05, 4.69) is 0 Å². The summed E-state index contributed by atoms with van der Waals surface area (Å²) >= 11 is 0. The van der Waals surface area contributed by atoms with Gasteiger partial charge in [0.1, 0.15) is 0 Å². The van der Waals surface area contributed by atoms with Crippen molar-refractivity contribution in [1.82, 2.24) is 0 Å². The zero-order valence-corrected chi connectivity index (χ0v) is 11.8. The van der Waals surface area contributed by atoms with Crippen LogP contribution in [-0.4, -0.2) is 18.2 Å². The van der Waals surface area contributed by atoms with Crippen LogP contribution in [0.3, 0.4) is 0 Å². The van der Waals surface area contributed by atoms with Crippen LogP contribution in [0.4, 0.5) is 0 Å². The fourth-order valence-electron chi connectivity index (χ4n) is 1.76. The van der Waals surface area contributed by atoms with E-state index >= 15 is 0 Å². The van der Waals surface area contributed by atoms with Crippen LogP contribution in [0.25, 0.3) is 0 Å². The van der Waals surface area contributed by atoms with E-state index in [1.807, 2.05) is 13.8 Å². The number of ether oxygens (including phenoxy) is 2. The van der Waals surface area contributed by atoms with E-state index in [0.717, 1.165) is 5.57 Å². The second-order valence-electron chi connectivity index (χ2n) is 4.41. The Morgan fingerprint density at radius 1 is 1.61 bits per heavy atom. The van der Waals surface area contributed by atoms with Gasteiger partial charge in [-0.2, -0.15) is 0 Å². The zero-order chi connectivity index (χ0) is 13.1. The van der Waals surface area contributed by atoms with Crippen molar-refractivity contribution in [3.8, 4) is 0 Å². The van der Waals surface area contributed by atoms with E-state index in [1.165, 1.54) is 6.08 Å². The van der Waals surface area contributed by atoms with Gasteiger partial charge in [-0.3, -0.25) is 0 Å². The first-order valence-electron chi connectivity index (χ1n) is 5.82. The average Bonchev–Trinajstić information content (AvgIpc) is 2.28. The molecule has 1 aliphatic rings. The van der Waals surface area contributed by atoms with E-state index in [9.17, 15) is 9.90 Å². The molecule has 0 fully saturated rings. The minimum absolute atomic E-state index is 0. The Balaban J connectivity index is 0.00000289. The molecule has 0 aromatic carbocycles. The Kier molecular flexibility index (Phi) is 6.59. The summed E-state index contributed by atoms with van der Waals surface area (Å²) in [5.74, 6) is -0.421. The van der Waals surface area contributed by atoms with Crippen molar-refractivity contribution in [3.63, 3.8) is 0 Å². The topological polar surface area (TPSA) is 58.6 Å². The van der Waals surface area contributed by atoms with Crippen molar-refractivity contribution in [2.24, 2.45) is 5.92 Å². The second-order valence-corrected chi connectivity index (χ2v) is 4.41. The van der Waals surface area contributed by atoms with Gasteiger partial charge in [0.15, 0.2) is 0 Å². The largest absolute Gasteiger partial charge is 1.00 e. The van der Waals surface area contributed by atoms with Crippen LogP contribution in [0, 0.1) is 5.92 Å². The fourth-order valence-corrected chi connectivity index (χ4v) is 1.76. The molecule has 0 aliphatic carbocycles. The molecule has 0 aromatic heterocycles. The Morgan fingerprint density at radius 2 is 2.22 bits per heavy atom. The number of hydrogen-bond donors (Lipinski definition) is 0. The number of rotatable bonds is 5. The molecular formula is C13H19LiO4. The van der Waals surface area contributed by atoms with Crippen LogP contribution in [0.2, 0.25) is 0 Å². The van der Waals surface area contributed by atoms with Gasteiger partial charge in [-0.1, -0.05) is 13.0 Å². The molecule has 5 heteroatoms. The molecule has 18 heavy (non-hydrogen) atoms. The summed E-state index contributed by atoms with van der Waals surface area (Å²) in [6, 6.07) is 0. The normalized spacial score (nSPS) is 24.0.